The first-order chi connectivity index (χ1) is 15.5. The predicted octanol–water partition coefficient (Wildman–Crippen LogP) is 5.62. The van der Waals surface area contributed by atoms with E-state index in [0.29, 0.717) is 45.5 Å². The fourth-order valence-corrected chi connectivity index (χ4v) is 5.55. The Morgan fingerprint density at radius 1 is 1.16 bits per heavy atom. The first kappa shape index (κ1) is 21.8. The van der Waals surface area contributed by atoms with Gasteiger partial charge in [-0.1, -0.05) is 47.8 Å². The maximum atomic E-state index is 13.3. The number of carbonyl (C=O) groups is 1. The summed E-state index contributed by atoms with van der Waals surface area (Å²) in [4.78, 5) is 15.7. The van der Waals surface area contributed by atoms with Crippen molar-refractivity contribution in [1.82, 2.24) is 20.0 Å². The first-order valence-corrected chi connectivity index (χ1v) is 12.0. The Morgan fingerprint density at radius 2 is 1.94 bits per heavy atom. The molecule has 8 heteroatoms. The number of nitrogens with one attached hydrogen (secondary N) is 1. The minimum Gasteiger partial charge on any atom is -0.349 e. The predicted molar refractivity (Wildman–Crippen MR) is 129 cm³/mol. The molecule has 2 heterocycles. The van der Waals surface area contributed by atoms with Crippen LogP contribution in [0, 0.1) is 0 Å². The van der Waals surface area contributed by atoms with Crippen LogP contribution in [-0.2, 0) is 6.42 Å². The van der Waals surface area contributed by atoms with E-state index in [0.717, 1.165) is 41.9 Å². The van der Waals surface area contributed by atoms with Crippen molar-refractivity contribution in [2.75, 3.05) is 19.6 Å². The molecule has 1 amide bonds. The molecular formula is C24H23Cl3N4O. The Morgan fingerprint density at radius 3 is 2.72 bits per heavy atom. The molecule has 5 rings (SSSR count). The van der Waals surface area contributed by atoms with Gasteiger partial charge in [-0.05, 0) is 61.8 Å². The second-order valence-corrected chi connectivity index (χ2v) is 9.58. The first-order valence-electron chi connectivity index (χ1n) is 10.8. The minimum absolute atomic E-state index is 0.160. The Labute approximate surface area is 202 Å². The van der Waals surface area contributed by atoms with Gasteiger partial charge in [-0.2, -0.15) is 5.10 Å². The third kappa shape index (κ3) is 3.81. The molecule has 166 valence electrons. The maximum absolute atomic E-state index is 13.3. The molecule has 2 aliphatic rings. The lowest BCUT2D eigenvalue weighted by Gasteiger charge is -2.22. The number of amides is 1. The number of rotatable bonds is 5. The molecule has 1 unspecified atom stereocenters. The van der Waals surface area contributed by atoms with Crippen LogP contribution in [0.25, 0.3) is 16.9 Å². The normalized spacial score (nSPS) is 17.4. The van der Waals surface area contributed by atoms with E-state index in [1.807, 2.05) is 24.3 Å². The molecule has 1 saturated heterocycles. The van der Waals surface area contributed by atoms with Gasteiger partial charge in [0.25, 0.3) is 5.91 Å². The van der Waals surface area contributed by atoms with Crippen LogP contribution in [-0.4, -0.2) is 46.3 Å². The molecule has 1 aromatic heterocycles. The number of benzene rings is 2. The van der Waals surface area contributed by atoms with Gasteiger partial charge in [-0.15, -0.1) is 0 Å². The summed E-state index contributed by atoms with van der Waals surface area (Å²) >= 11 is 18.9. The Balaban J connectivity index is 1.53. The van der Waals surface area contributed by atoms with Crippen LogP contribution in [0.15, 0.2) is 36.4 Å². The van der Waals surface area contributed by atoms with Gasteiger partial charge in [0.05, 0.1) is 16.4 Å². The average molecular weight is 490 g/mol. The van der Waals surface area contributed by atoms with Gasteiger partial charge in [-0.3, -0.25) is 9.69 Å². The molecule has 0 saturated carbocycles. The Kier molecular flexibility index (Phi) is 5.93. The molecule has 32 heavy (non-hydrogen) atoms. The number of carbonyl (C=O) groups excluding carboxylic acids is 1. The maximum Gasteiger partial charge on any atom is 0.272 e. The van der Waals surface area contributed by atoms with E-state index in [4.69, 9.17) is 39.9 Å². The molecule has 2 aromatic carbocycles. The summed E-state index contributed by atoms with van der Waals surface area (Å²) in [6.07, 6.45) is 2.87. The summed E-state index contributed by atoms with van der Waals surface area (Å²) in [5, 5.41) is 9.54. The molecule has 0 radical (unpaired) electrons. The highest BCUT2D eigenvalue weighted by molar-refractivity contribution is 6.35. The highest BCUT2D eigenvalue weighted by Gasteiger charge is 2.32. The lowest BCUT2D eigenvalue weighted by Crippen LogP contribution is -2.40. The lowest BCUT2D eigenvalue weighted by molar-refractivity contribution is 0.0935. The SMILES string of the molecule is CCN1CCCC1CNC(=O)c1nn(-c2ccc(Cl)cc2Cl)c2c1Cc1cc(Cl)ccc1-2. The van der Waals surface area contributed by atoms with Crippen molar-refractivity contribution in [3.05, 3.63) is 68.3 Å². The van der Waals surface area contributed by atoms with Crippen LogP contribution >= 0.6 is 34.8 Å². The largest absolute Gasteiger partial charge is 0.349 e. The van der Waals surface area contributed by atoms with Gasteiger partial charge in [0.2, 0.25) is 0 Å². The van der Waals surface area contributed by atoms with Gasteiger partial charge >= 0.3 is 0 Å². The highest BCUT2D eigenvalue weighted by Crippen LogP contribution is 2.42. The molecular weight excluding hydrogens is 467 g/mol. The summed E-state index contributed by atoms with van der Waals surface area (Å²) in [6, 6.07) is 11.4. The monoisotopic (exact) mass is 488 g/mol. The smallest absolute Gasteiger partial charge is 0.272 e. The Hall–Kier alpha value is -2.05. The second-order valence-electron chi connectivity index (χ2n) is 8.30. The quantitative estimate of drug-likeness (QED) is 0.396. The molecule has 0 spiro atoms. The molecule has 5 nitrogen and oxygen atoms in total. The van der Waals surface area contributed by atoms with Gasteiger partial charge in [0.15, 0.2) is 5.69 Å². The van der Waals surface area contributed by atoms with Gasteiger partial charge in [0.1, 0.15) is 0 Å². The third-order valence-electron chi connectivity index (χ3n) is 6.43. The zero-order chi connectivity index (χ0) is 22.4. The Bertz CT molecular complexity index is 1210. The number of aromatic nitrogens is 2. The molecule has 1 aliphatic heterocycles. The number of halogens is 3. The topological polar surface area (TPSA) is 50.2 Å². The molecule has 1 atom stereocenters. The van der Waals surface area contributed by atoms with Crippen molar-refractivity contribution in [3.8, 4) is 16.9 Å². The number of likely N-dealkylation sites (N-methyl/N-ethyl adjacent to an activating group) is 1. The number of fused-ring (bicyclic) bond motifs is 3. The summed E-state index contributed by atoms with van der Waals surface area (Å²) in [5.41, 5.74) is 4.97. The molecule has 1 aliphatic carbocycles. The van der Waals surface area contributed by atoms with Gasteiger partial charge < -0.3 is 5.32 Å². The number of nitrogens with zero attached hydrogens (tertiary/aromatic N) is 3. The van der Waals surface area contributed by atoms with Crippen molar-refractivity contribution >= 4 is 40.7 Å². The fraction of sp³-hybridized carbons (Fsp3) is 0.333. The molecule has 3 aromatic rings. The van der Waals surface area contributed by atoms with Crippen LogP contribution in [0.1, 0.15) is 41.4 Å². The zero-order valence-corrected chi connectivity index (χ0v) is 19.9. The van der Waals surface area contributed by atoms with E-state index in [1.165, 1.54) is 6.42 Å². The second kappa shape index (κ2) is 8.71. The van der Waals surface area contributed by atoms with Crippen LogP contribution in [0.3, 0.4) is 0 Å². The summed E-state index contributed by atoms with van der Waals surface area (Å²) in [5.74, 6) is -0.160. The van der Waals surface area contributed by atoms with E-state index >= 15 is 0 Å². The van der Waals surface area contributed by atoms with E-state index < -0.39 is 0 Å². The van der Waals surface area contributed by atoms with Crippen molar-refractivity contribution in [3.63, 3.8) is 0 Å². The number of likely N-dealkylation sites (tertiary alicyclic amines) is 1. The summed E-state index contributed by atoms with van der Waals surface area (Å²) in [7, 11) is 0. The molecule has 1 fully saturated rings. The van der Waals surface area contributed by atoms with Crippen molar-refractivity contribution in [2.45, 2.75) is 32.2 Å². The van der Waals surface area contributed by atoms with Crippen molar-refractivity contribution in [2.24, 2.45) is 0 Å². The van der Waals surface area contributed by atoms with E-state index in [-0.39, 0.29) is 5.91 Å². The van der Waals surface area contributed by atoms with Crippen LogP contribution in [0.4, 0.5) is 0 Å². The zero-order valence-electron chi connectivity index (χ0n) is 17.7. The van der Waals surface area contributed by atoms with Gasteiger partial charge in [-0.25, -0.2) is 4.68 Å². The van der Waals surface area contributed by atoms with Gasteiger partial charge in [0, 0.05) is 40.2 Å². The molecule has 1 N–H and O–H groups in total. The van der Waals surface area contributed by atoms with Crippen LogP contribution in [0.5, 0.6) is 0 Å². The van der Waals surface area contributed by atoms with Crippen molar-refractivity contribution in [1.29, 1.82) is 0 Å². The van der Waals surface area contributed by atoms with Crippen molar-refractivity contribution < 1.29 is 4.79 Å². The fourth-order valence-electron chi connectivity index (χ4n) is 4.87. The minimum atomic E-state index is -0.160. The molecule has 0 bridgehead atoms. The number of hydrogen-bond acceptors (Lipinski definition) is 3. The standard InChI is InChI=1S/C24H23Cl3N4O/c1-2-30-9-3-4-17(30)13-28-24(32)22-19-11-14-10-15(25)5-7-18(14)23(19)31(29-22)21-8-6-16(26)12-20(21)27/h5-8,10,12,17H,2-4,9,11,13H2,1H3,(H,28,32). The average Bonchev–Trinajstić information content (AvgIpc) is 3.45. The summed E-state index contributed by atoms with van der Waals surface area (Å²) < 4.78 is 1.76. The van der Waals surface area contributed by atoms with E-state index in [2.05, 4.69) is 17.1 Å². The van der Waals surface area contributed by atoms with E-state index in [1.54, 1.807) is 16.8 Å². The van der Waals surface area contributed by atoms with Crippen LogP contribution < -0.4 is 5.32 Å². The summed E-state index contributed by atoms with van der Waals surface area (Å²) in [6.45, 7) is 4.86. The van der Waals surface area contributed by atoms with Crippen LogP contribution in [0.2, 0.25) is 15.1 Å². The lowest BCUT2D eigenvalue weighted by atomic mass is 10.1. The number of hydrogen-bond donors (Lipinski definition) is 1. The van der Waals surface area contributed by atoms with E-state index in [9.17, 15) is 4.79 Å². The highest BCUT2D eigenvalue weighted by atomic mass is 35.5. The third-order valence-corrected chi connectivity index (χ3v) is 7.20.